The monoisotopic (exact) mass is 298 g/mol. The first-order valence-electron chi connectivity index (χ1n) is 4.21. The molecule has 0 bridgehead atoms. The Morgan fingerprint density at radius 2 is 1.88 bits per heavy atom. The third-order valence-corrected chi connectivity index (χ3v) is 3.71. The average Bonchev–Trinajstić information content (AvgIpc) is 2.26. The van der Waals surface area contributed by atoms with Crippen molar-refractivity contribution in [2.75, 3.05) is 14.2 Å². The largest absolute Gasteiger partial charge is 0.496 e. The predicted molar refractivity (Wildman–Crippen MR) is 62.4 cm³/mol. The normalized spacial score (nSPS) is 11.1. The fraction of sp³-hybridized carbons (Fsp3) is 0.222. The van der Waals surface area contributed by atoms with Gasteiger partial charge in [-0.3, -0.25) is 0 Å². The van der Waals surface area contributed by atoms with Crippen molar-refractivity contribution in [2.45, 2.75) is 4.90 Å². The summed E-state index contributed by atoms with van der Waals surface area (Å²) >= 11 is 5.72. The Balaban J connectivity index is 3.51. The van der Waals surface area contributed by atoms with E-state index in [1.54, 1.807) is 0 Å². The molecule has 0 aliphatic rings. The first kappa shape index (κ1) is 14.1. The lowest BCUT2D eigenvalue weighted by atomic mass is 10.2. The van der Waals surface area contributed by atoms with E-state index in [-0.39, 0.29) is 21.2 Å². The zero-order valence-electron chi connectivity index (χ0n) is 8.86. The Hall–Kier alpha value is -0.980. The number of ether oxygens (including phenoxy) is 2. The van der Waals surface area contributed by atoms with Crippen LogP contribution in [0.4, 0.5) is 0 Å². The van der Waals surface area contributed by atoms with Crippen LogP contribution >= 0.6 is 22.3 Å². The molecule has 94 valence electrons. The highest BCUT2D eigenvalue weighted by Crippen LogP contribution is 2.32. The SMILES string of the molecule is COC(=O)c1cc(Cl)c(S(=O)(=O)Cl)cc1OC. The molecule has 0 fully saturated rings. The van der Waals surface area contributed by atoms with Crippen LogP contribution in [0.25, 0.3) is 0 Å². The van der Waals surface area contributed by atoms with E-state index in [9.17, 15) is 13.2 Å². The Kier molecular flexibility index (Phi) is 4.24. The van der Waals surface area contributed by atoms with E-state index < -0.39 is 15.0 Å². The summed E-state index contributed by atoms with van der Waals surface area (Å²) in [6.45, 7) is 0. The first-order chi connectivity index (χ1) is 7.81. The Morgan fingerprint density at radius 1 is 1.29 bits per heavy atom. The third kappa shape index (κ3) is 3.02. The molecule has 0 aliphatic carbocycles. The minimum atomic E-state index is -4.01. The molecule has 0 atom stereocenters. The molecule has 8 heteroatoms. The molecule has 0 saturated carbocycles. The van der Waals surface area contributed by atoms with Crippen LogP contribution in [0, 0.1) is 0 Å². The van der Waals surface area contributed by atoms with Crippen LogP contribution in [-0.4, -0.2) is 28.6 Å². The van der Waals surface area contributed by atoms with Crippen LogP contribution in [0.1, 0.15) is 10.4 Å². The minimum absolute atomic E-state index is 0.0143. The molecule has 0 saturated heterocycles. The van der Waals surface area contributed by atoms with Crippen LogP contribution in [-0.2, 0) is 13.8 Å². The molecule has 0 N–H and O–H groups in total. The smallest absolute Gasteiger partial charge is 0.341 e. The fourth-order valence-corrected chi connectivity index (χ4v) is 2.67. The average molecular weight is 299 g/mol. The number of methoxy groups -OCH3 is 2. The summed E-state index contributed by atoms with van der Waals surface area (Å²) in [5.74, 6) is -0.678. The molecular formula is C9H8Cl2O5S. The molecule has 0 unspecified atom stereocenters. The lowest BCUT2D eigenvalue weighted by Gasteiger charge is -2.09. The highest BCUT2D eigenvalue weighted by molar-refractivity contribution is 8.13. The van der Waals surface area contributed by atoms with E-state index in [1.165, 1.54) is 14.2 Å². The number of hydrogen-bond donors (Lipinski definition) is 0. The van der Waals surface area contributed by atoms with Crippen molar-refractivity contribution in [3.05, 3.63) is 22.7 Å². The van der Waals surface area contributed by atoms with Gasteiger partial charge in [0.1, 0.15) is 16.2 Å². The number of rotatable bonds is 3. The standard InChI is InChI=1S/C9H8Cl2O5S/c1-15-7-4-8(17(11,13)14)6(10)3-5(7)9(12)16-2/h3-4H,1-2H3. The molecule has 1 rings (SSSR count). The summed E-state index contributed by atoms with van der Waals surface area (Å²) in [7, 11) is 3.63. The summed E-state index contributed by atoms with van der Waals surface area (Å²) in [5.41, 5.74) is 0.0177. The molecular weight excluding hydrogens is 291 g/mol. The lowest BCUT2D eigenvalue weighted by Crippen LogP contribution is -2.05. The van der Waals surface area contributed by atoms with Gasteiger partial charge >= 0.3 is 5.97 Å². The van der Waals surface area contributed by atoms with Crippen LogP contribution < -0.4 is 4.74 Å². The van der Waals surface area contributed by atoms with E-state index in [4.69, 9.17) is 27.0 Å². The highest BCUT2D eigenvalue weighted by atomic mass is 35.7. The van der Waals surface area contributed by atoms with Gasteiger partial charge < -0.3 is 9.47 Å². The molecule has 1 aromatic carbocycles. The van der Waals surface area contributed by atoms with E-state index in [0.29, 0.717) is 0 Å². The van der Waals surface area contributed by atoms with Crippen molar-refractivity contribution >= 4 is 37.3 Å². The maximum Gasteiger partial charge on any atom is 0.341 e. The van der Waals surface area contributed by atoms with Gasteiger partial charge in [-0.05, 0) is 6.07 Å². The topological polar surface area (TPSA) is 69.7 Å². The quantitative estimate of drug-likeness (QED) is 0.631. The molecule has 1 aromatic rings. The number of esters is 1. The Morgan fingerprint density at radius 3 is 2.29 bits per heavy atom. The van der Waals surface area contributed by atoms with Gasteiger partial charge in [-0.15, -0.1) is 0 Å². The molecule has 0 aliphatic heterocycles. The van der Waals surface area contributed by atoms with Crippen molar-refractivity contribution in [2.24, 2.45) is 0 Å². The van der Waals surface area contributed by atoms with Crippen LogP contribution in [0.3, 0.4) is 0 Å². The maximum absolute atomic E-state index is 11.4. The van der Waals surface area contributed by atoms with Crippen molar-refractivity contribution in [3.63, 3.8) is 0 Å². The van der Waals surface area contributed by atoms with Crippen LogP contribution in [0.2, 0.25) is 5.02 Å². The fourth-order valence-electron chi connectivity index (χ4n) is 1.16. The molecule has 0 spiro atoms. The van der Waals surface area contributed by atoms with Gasteiger partial charge in [-0.1, -0.05) is 11.6 Å². The first-order valence-corrected chi connectivity index (χ1v) is 6.90. The second-order valence-corrected chi connectivity index (χ2v) is 5.85. The van der Waals surface area contributed by atoms with Gasteiger partial charge in [0.05, 0.1) is 19.2 Å². The van der Waals surface area contributed by atoms with E-state index in [1.807, 2.05) is 0 Å². The second-order valence-electron chi connectivity index (χ2n) is 2.91. The second kappa shape index (κ2) is 5.12. The Labute approximate surface area is 108 Å². The van der Waals surface area contributed by atoms with Gasteiger partial charge in [-0.2, -0.15) is 0 Å². The van der Waals surface area contributed by atoms with Crippen molar-refractivity contribution < 1.29 is 22.7 Å². The van der Waals surface area contributed by atoms with Gasteiger partial charge in [0.2, 0.25) is 0 Å². The van der Waals surface area contributed by atoms with E-state index in [2.05, 4.69) is 4.74 Å². The summed E-state index contributed by atoms with van der Waals surface area (Å²) < 4.78 is 31.7. The molecule has 0 radical (unpaired) electrons. The third-order valence-electron chi connectivity index (χ3n) is 1.92. The number of benzene rings is 1. The van der Waals surface area contributed by atoms with Crippen LogP contribution in [0.5, 0.6) is 5.75 Å². The summed E-state index contributed by atoms with van der Waals surface area (Å²) in [5, 5.41) is -0.179. The predicted octanol–water partition coefficient (Wildman–Crippen LogP) is 2.06. The minimum Gasteiger partial charge on any atom is -0.496 e. The zero-order chi connectivity index (χ0) is 13.2. The summed E-state index contributed by atoms with van der Waals surface area (Å²) in [6.07, 6.45) is 0. The molecule has 0 aromatic heterocycles. The van der Waals surface area contributed by atoms with Crippen molar-refractivity contribution in [1.29, 1.82) is 0 Å². The van der Waals surface area contributed by atoms with Gasteiger partial charge in [0.15, 0.2) is 0 Å². The number of carbonyl (C=O) groups excluding carboxylic acids is 1. The van der Waals surface area contributed by atoms with Crippen molar-refractivity contribution in [1.82, 2.24) is 0 Å². The zero-order valence-corrected chi connectivity index (χ0v) is 11.2. The number of hydrogen-bond acceptors (Lipinski definition) is 5. The van der Waals surface area contributed by atoms with E-state index >= 15 is 0 Å². The molecule has 0 amide bonds. The highest BCUT2D eigenvalue weighted by Gasteiger charge is 2.22. The number of halogens is 2. The number of carbonyl (C=O) groups is 1. The maximum atomic E-state index is 11.4. The van der Waals surface area contributed by atoms with E-state index in [0.717, 1.165) is 12.1 Å². The molecule has 0 heterocycles. The summed E-state index contributed by atoms with van der Waals surface area (Å²) in [6, 6.07) is 2.19. The molecule has 17 heavy (non-hydrogen) atoms. The van der Waals surface area contributed by atoms with Crippen molar-refractivity contribution in [3.8, 4) is 5.75 Å². The van der Waals surface area contributed by atoms with Gasteiger partial charge in [0.25, 0.3) is 9.05 Å². The van der Waals surface area contributed by atoms with Crippen LogP contribution in [0.15, 0.2) is 17.0 Å². The van der Waals surface area contributed by atoms with Gasteiger partial charge in [-0.25, -0.2) is 13.2 Å². The Bertz CT molecular complexity index is 553. The lowest BCUT2D eigenvalue weighted by molar-refractivity contribution is 0.0597. The van der Waals surface area contributed by atoms with Gasteiger partial charge in [0, 0.05) is 16.7 Å². The summed E-state index contributed by atoms with van der Waals surface area (Å²) in [4.78, 5) is 11.0. The molecule has 5 nitrogen and oxygen atoms in total.